The average Bonchev–Trinajstić information content (AvgIpc) is 3.11. The second kappa shape index (κ2) is 8.17. The molecular formula is C21H30N2O4. The van der Waals surface area contributed by atoms with E-state index in [4.69, 9.17) is 9.47 Å². The first kappa shape index (κ1) is 18.7. The zero-order chi connectivity index (χ0) is 18.8. The van der Waals surface area contributed by atoms with Gasteiger partial charge in [-0.25, -0.2) is 0 Å². The normalized spacial score (nSPS) is 31.6. The van der Waals surface area contributed by atoms with Gasteiger partial charge in [-0.15, -0.1) is 0 Å². The highest BCUT2D eigenvalue weighted by Gasteiger charge is 2.44. The molecule has 3 aliphatic rings. The maximum atomic E-state index is 12.9. The minimum atomic E-state index is -0.298. The molecule has 1 saturated carbocycles. The number of carbonyl (C=O) groups excluding carboxylic acids is 1. The van der Waals surface area contributed by atoms with Crippen molar-refractivity contribution in [3.63, 3.8) is 0 Å². The van der Waals surface area contributed by atoms with Crippen LogP contribution in [0.3, 0.4) is 0 Å². The van der Waals surface area contributed by atoms with E-state index in [1.165, 1.54) is 0 Å². The standard InChI is InChI=1S/C21H30N2O4/c1-26-20-5-3-2-4-15(20)12-21(25)23-13-16-10-18(19(24)11-17(16)14-23)22-6-8-27-9-7-22/h2-5,16-19,24H,6-14H2,1H3/t16-,17+,18-,19-/m1/s1. The van der Waals surface area contributed by atoms with Crippen molar-refractivity contribution in [2.24, 2.45) is 11.8 Å². The van der Waals surface area contributed by atoms with Gasteiger partial charge in [-0.05, 0) is 30.7 Å². The quantitative estimate of drug-likeness (QED) is 0.857. The van der Waals surface area contributed by atoms with Crippen LogP contribution in [-0.2, 0) is 16.0 Å². The van der Waals surface area contributed by atoms with Crippen LogP contribution in [0.4, 0.5) is 0 Å². The van der Waals surface area contributed by atoms with Crippen LogP contribution in [0.5, 0.6) is 5.75 Å². The number of rotatable bonds is 4. The lowest BCUT2D eigenvalue weighted by Gasteiger charge is -2.43. The molecule has 148 valence electrons. The predicted molar refractivity (Wildman–Crippen MR) is 102 cm³/mol. The fraction of sp³-hybridized carbons (Fsp3) is 0.667. The molecule has 3 fully saturated rings. The van der Waals surface area contributed by atoms with E-state index in [2.05, 4.69) is 4.90 Å². The van der Waals surface area contributed by atoms with Gasteiger partial charge in [0, 0.05) is 37.8 Å². The van der Waals surface area contributed by atoms with E-state index < -0.39 is 0 Å². The molecular weight excluding hydrogens is 344 g/mol. The van der Waals surface area contributed by atoms with Crippen molar-refractivity contribution in [3.8, 4) is 5.75 Å². The van der Waals surface area contributed by atoms with E-state index in [1.807, 2.05) is 29.2 Å². The molecule has 1 aromatic rings. The third-order valence-corrected chi connectivity index (χ3v) is 6.51. The Morgan fingerprint density at radius 2 is 1.89 bits per heavy atom. The number of benzene rings is 1. The molecule has 2 saturated heterocycles. The topological polar surface area (TPSA) is 62.2 Å². The summed E-state index contributed by atoms with van der Waals surface area (Å²) >= 11 is 0. The van der Waals surface area contributed by atoms with Crippen molar-refractivity contribution in [3.05, 3.63) is 29.8 Å². The molecule has 0 spiro atoms. The lowest BCUT2D eigenvalue weighted by Crippen LogP contribution is -2.53. The van der Waals surface area contributed by atoms with Crippen molar-refractivity contribution in [1.82, 2.24) is 9.80 Å². The number of carbonyl (C=O) groups is 1. The summed E-state index contributed by atoms with van der Waals surface area (Å²) < 4.78 is 10.8. The summed E-state index contributed by atoms with van der Waals surface area (Å²) in [6.07, 6.45) is 1.85. The number of methoxy groups -OCH3 is 1. The third-order valence-electron chi connectivity index (χ3n) is 6.51. The van der Waals surface area contributed by atoms with Crippen molar-refractivity contribution < 1.29 is 19.4 Å². The number of ether oxygens (including phenoxy) is 2. The first-order valence-corrected chi connectivity index (χ1v) is 10.0. The van der Waals surface area contributed by atoms with Gasteiger partial charge in [0.1, 0.15) is 5.75 Å². The second-order valence-electron chi connectivity index (χ2n) is 8.06. The van der Waals surface area contributed by atoms with Gasteiger partial charge in [-0.3, -0.25) is 9.69 Å². The van der Waals surface area contributed by atoms with Crippen molar-refractivity contribution >= 4 is 5.91 Å². The molecule has 1 N–H and O–H groups in total. The maximum Gasteiger partial charge on any atom is 0.227 e. The number of amides is 1. The van der Waals surface area contributed by atoms with E-state index in [9.17, 15) is 9.90 Å². The molecule has 4 rings (SSSR count). The first-order chi connectivity index (χ1) is 13.2. The fourth-order valence-corrected chi connectivity index (χ4v) is 5.04. The van der Waals surface area contributed by atoms with Crippen molar-refractivity contribution in [2.45, 2.75) is 31.4 Å². The highest BCUT2D eigenvalue weighted by Crippen LogP contribution is 2.38. The number of nitrogens with zero attached hydrogens (tertiary/aromatic N) is 2. The zero-order valence-electron chi connectivity index (χ0n) is 16.0. The summed E-state index contributed by atoms with van der Waals surface area (Å²) in [5.41, 5.74) is 0.936. The van der Waals surface area contributed by atoms with E-state index >= 15 is 0 Å². The van der Waals surface area contributed by atoms with Crippen LogP contribution in [0, 0.1) is 11.8 Å². The third kappa shape index (κ3) is 3.98. The lowest BCUT2D eigenvalue weighted by atomic mass is 9.77. The van der Waals surface area contributed by atoms with Gasteiger partial charge in [0.15, 0.2) is 0 Å². The van der Waals surface area contributed by atoms with Crippen molar-refractivity contribution in [2.75, 3.05) is 46.5 Å². The molecule has 1 aliphatic carbocycles. The number of aliphatic hydroxyl groups excluding tert-OH is 1. The lowest BCUT2D eigenvalue weighted by molar-refractivity contribution is -0.129. The SMILES string of the molecule is COc1ccccc1CC(=O)N1C[C@H]2C[C@@H](N3CCOCC3)[C@H](O)C[C@H]2C1. The summed E-state index contributed by atoms with van der Waals surface area (Å²) in [5.74, 6) is 1.83. The van der Waals surface area contributed by atoms with Crippen LogP contribution in [0.15, 0.2) is 24.3 Å². The van der Waals surface area contributed by atoms with E-state index in [1.54, 1.807) is 7.11 Å². The fourth-order valence-electron chi connectivity index (χ4n) is 5.04. The summed E-state index contributed by atoms with van der Waals surface area (Å²) in [6.45, 7) is 4.88. The van der Waals surface area contributed by atoms with Gasteiger partial charge in [-0.1, -0.05) is 18.2 Å². The van der Waals surface area contributed by atoms with Crippen molar-refractivity contribution in [1.29, 1.82) is 0 Å². The molecule has 1 amide bonds. The highest BCUT2D eigenvalue weighted by atomic mass is 16.5. The summed E-state index contributed by atoms with van der Waals surface area (Å²) in [5, 5.41) is 10.7. The molecule has 0 unspecified atom stereocenters. The average molecular weight is 374 g/mol. The van der Waals surface area contributed by atoms with Gasteiger partial charge in [-0.2, -0.15) is 0 Å². The summed E-state index contributed by atoms with van der Waals surface area (Å²) in [4.78, 5) is 17.2. The monoisotopic (exact) mass is 374 g/mol. The molecule has 27 heavy (non-hydrogen) atoms. The molecule has 4 atom stereocenters. The van der Waals surface area contributed by atoms with E-state index in [-0.39, 0.29) is 18.1 Å². The number of likely N-dealkylation sites (tertiary alicyclic amines) is 1. The molecule has 6 nitrogen and oxygen atoms in total. The number of morpholine rings is 1. The van der Waals surface area contributed by atoms with Crippen LogP contribution in [0.1, 0.15) is 18.4 Å². The zero-order valence-corrected chi connectivity index (χ0v) is 16.0. The van der Waals surface area contributed by atoms with Gasteiger partial charge in [0.2, 0.25) is 5.91 Å². The Morgan fingerprint density at radius 1 is 1.19 bits per heavy atom. The Morgan fingerprint density at radius 3 is 2.63 bits per heavy atom. The largest absolute Gasteiger partial charge is 0.496 e. The van der Waals surface area contributed by atoms with Crippen LogP contribution in [-0.4, -0.2) is 79.5 Å². The molecule has 0 bridgehead atoms. The minimum absolute atomic E-state index is 0.159. The van der Waals surface area contributed by atoms with Gasteiger partial charge in [0.05, 0.1) is 32.8 Å². The maximum absolute atomic E-state index is 12.9. The van der Waals surface area contributed by atoms with Gasteiger partial charge in [0.25, 0.3) is 0 Å². The van der Waals surface area contributed by atoms with E-state index in [0.717, 1.165) is 63.5 Å². The smallest absolute Gasteiger partial charge is 0.227 e. The van der Waals surface area contributed by atoms with Gasteiger partial charge < -0.3 is 19.5 Å². The Balaban J connectivity index is 1.38. The van der Waals surface area contributed by atoms with Crippen LogP contribution in [0.25, 0.3) is 0 Å². The van der Waals surface area contributed by atoms with Crippen LogP contribution in [0.2, 0.25) is 0 Å². The molecule has 0 aromatic heterocycles. The predicted octanol–water partition coefficient (Wildman–Crippen LogP) is 1.17. The number of aliphatic hydroxyl groups is 1. The first-order valence-electron chi connectivity index (χ1n) is 10.0. The Hall–Kier alpha value is -1.63. The number of fused-ring (bicyclic) bond motifs is 1. The van der Waals surface area contributed by atoms with E-state index in [0.29, 0.717) is 18.3 Å². The number of hydrogen-bond donors (Lipinski definition) is 1. The highest BCUT2D eigenvalue weighted by molar-refractivity contribution is 5.79. The Labute approximate surface area is 161 Å². The van der Waals surface area contributed by atoms with Crippen LogP contribution >= 0.6 is 0 Å². The molecule has 0 radical (unpaired) electrons. The minimum Gasteiger partial charge on any atom is -0.496 e. The molecule has 1 aromatic carbocycles. The van der Waals surface area contributed by atoms with Crippen LogP contribution < -0.4 is 4.74 Å². The molecule has 6 heteroatoms. The molecule has 2 heterocycles. The molecule has 2 aliphatic heterocycles. The number of para-hydroxylation sites is 1. The Bertz CT molecular complexity index is 661. The summed E-state index contributed by atoms with van der Waals surface area (Å²) in [7, 11) is 1.64. The van der Waals surface area contributed by atoms with Gasteiger partial charge >= 0.3 is 0 Å². The second-order valence-corrected chi connectivity index (χ2v) is 8.06. The summed E-state index contributed by atoms with van der Waals surface area (Å²) in [6, 6.07) is 7.93. The Kier molecular flexibility index (Phi) is 5.66. The number of hydrogen-bond acceptors (Lipinski definition) is 5.